The van der Waals surface area contributed by atoms with Crippen LogP contribution in [0.25, 0.3) is 75.2 Å². The zero-order valence-electron chi connectivity index (χ0n) is 31.2. The summed E-state index contributed by atoms with van der Waals surface area (Å²) in [6, 6.07) is 53.3. The molecule has 0 saturated heterocycles. The number of hydrogen-bond acceptors (Lipinski definition) is 10. The lowest BCUT2D eigenvalue weighted by molar-refractivity contribution is 0.673. The van der Waals surface area contributed by atoms with E-state index >= 15 is 0 Å². The number of fused-ring (bicyclic) bond motifs is 3. The summed E-state index contributed by atoms with van der Waals surface area (Å²) in [5, 5.41) is 10.6. The van der Waals surface area contributed by atoms with Crippen LogP contribution in [-0.2, 0) is 0 Å². The lowest BCUT2D eigenvalue weighted by Crippen LogP contribution is -2.34. The highest BCUT2D eigenvalue weighted by Gasteiger charge is 2.23. The molecule has 0 bridgehead atoms. The molecule has 0 spiro atoms. The second-order valence-electron chi connectivity index (χ2n) is 14.0. The largest absolute Gasteiger partial charge is 0.343 e. The van der Waals surface area contributed by atoms with Crippen molar-refractivity contribution in [3.8, 4) is 56.4 Å². The van der Waals surface area contributed by atoms with Crippen LogP contribution in [0.3, 0.4) is 0 Å². The summed E-state index contributed by atoms with van der Waals surface area (Å²) in [7, 11) is 0. The maximum atomic E-state index is 5.01. The van der Waals surface area contributed by atoms with E-state index in [-0.39, 0.29) is 6.17 Å². The van der Waals surface area contributed by atoms with Gasteiger partial charge in [0.25, 0.3) is 0 Å². The molecule has 0 fully saturated rings. The van der Waals surface area contributed by atoms with Gasteiger partial charge in [-0.25, -0.2) is 24.9 Å². The van der Waals surface area contributed by atoms with Gasteiger partial charge in [-0.1, -0.05) is 146 Å². The zero-order valence-corrected chi connectivity index (χ0v) is 33.7. The SMILES string of the molecule is c1ccc(C2=NC(c3ccccc3)NC(c3ccc(-c4csc5sc6scc(-c7cccc(-c8nc(-c9ccccc9)nc(-c9ccccc9)n8)c7)c6c45)cn3)=N2)cc1. The molecule has 10 heteroatoms. The molecule has 1 unspecified atom stereocenters. The van der Waals surface area contributed by atoms with Crippen molar-refractivity contribution in [1.82, 2.24) is 25.3 Å². The van der Waals surface area contributed by atoms with Crippen LogP contribution < -0.4 is 5.32 Å². The first-order valence-corrected chi connectivity index (χ1v) is 21.7. The Hall–Kier alpha value is -6.98. The third kappa shape index (κ3) is 6.72. The van der Waals surface area contributed by atoms with Gasteiger partial charge in [-0.15, -0.1) is 34.0 Å². The van der Waals surface area contributed by atoms with Crippen LogP contribution in [-0.4, -0.2) is 31.6 Å². The number of thiophene rings is 3. The fraction of sp³-hybridized carbons (Fsp3) is 0.0204. The highest BCUT2D eigenvalue weighted by atomic mass is 32.2. The average Bonchev–Trinajstić information content (AvgIpc) is 4.03. The Morgan fingerprint density at radius 1 is 0.475 bits per heavy atom. The van der Waals surface area contributed by atoms with Crippen molar-refractivity contribution in [3.63, 3.8) is 0 Å². The van der Waals surface area contributed by atoms with E-state index in [4.69, 9.17) is 29.9 Å². The average molecular weight is 814 g/mol. The number of hydrogen-bond donors (Lipinski definition) is 1. The van der Waals surface area contributed by atoms with Gasteiger partial charge in [0, 0.05) is 66.7 Å². The number of aliphatic imine (C=N–C) groups is 2. The third-order valence-electron chi connectivity index (χ3n) is 10.3. The van der Waals surface area contributed by atoms with Crippen LogP contribution >= 0.6 is 34.0 Å². The Bertz CT molecular complexity index is 3120. The maximum absolute atomic E-state index is 5.01. The standard InChI is InChI=1S/C49H31N7S3/c1-5-14-30(15-6-1)42-51-43(31-16-7-2-8-17-31)54-46(53-42)35-23-13-22-34(26-35)37-28-57-48-40(37)41-38(29-58-49(41)59-48)36-24-25-39(50-27-36)47-55-44(32-18-9-3-10-19-32)52-45(56-47)33-20-11-4-12-21-33/h1-29,44H,(H,52,55,56). The van der Waals surface area contributed by atoms with Gasteiger partial charge in [0.15, 0.2) is 29.1 Å². The predicted molar refractivity (Wildman–Crippen MR) is 245 cm³/mol. The topological polar surface area (TPSA) is 88.3 Å². The Morgan fingerprint density at radius 2 is 1.00 bits per heavy atom. The molecule has 5 aromatic heterocycles. The highest BCUT2D eigenvalue weighted by Crippen LogP contribution is 2.50. The van der Waals surface area contributed by atoms with Crippen molar-refractivity contribution in [1.29, 1.82) is 0 Å². The van der Waals surface area contributed by atoms with Crippen LogP contribution in [0, 0.1) is 0 Å². The van der Waals surface area contributed by atoms with E-state index in [1.54, 1.807) is 22.7 Å². The lowest BCUT2D eigenvalue weighted by Gasteiger charge is -2.23. The first kappa shape index (κ1) is 35.2. The summed E-state index contributed by atoms with van der Waals surface area (Å²) < 4.78 is 2.60. The minimum Gasteiger partial charge on any atom is -0.343 e. The smallest absolute Gasteiger partial charge is 0.164 e. The molecule has 280 valence electrons. The van der Waals surface area contributed by atoms with Crippen molar-refractivity contribution >= 4 is 64.5 Å². The molecule has 59 heavy (non-hydrogen) atoms. The van der Waals surface area contributed by atoms with E-state index in [1.807, 2.05) is 127 Å². The van der Waals surface area contributed by atoms with E-state index in [2.05, 4.69) is 64.6 Å². The lowest BCUT2D eigenvalue weighted by atomic mass is 9.99. The zero-order chi connectivity index (χ0) is 39.1. The number of aromatic nitrogens is 4. The second kappa shape index (κ2) is 15.1. The molecule has 6 heterocycles. The van der Waals surface area contributed by atoms with Gasteiger partial charge in [0.05, 0.1) is 8.03 Å². The number of nitrogens with zero attached hydrogens (tertiary/aromatic N) is 6. The quantitative estimate of drug-likeness (QED) is 0.165. The maximum Gasteiger partial charge on any atom is 0.164 e. The van der Waals surface area contributed by atoms with Gasteiger partial charge in [-0.05, 0) is 23.3 Å². The van der Waals surface area contributed by atoms with E-state index in [9.17, 15) is 0 Å². The highest BCUT2D eigenvalue weighted by molar-refractivity contribution is 7.48. The van der Waals surface area contributed by atoms with Crippen molar-refractivity contribution in [2.45, 2.75) is 6.17 Å². The van der Waals surface area contributed by atoms with Crippen LogP contribution in [0.1, 0.15) is 23.0 Å². The second-order valence-corrected chi connectivity index (χ2v) is 17.3. The van der Waals surface area contributed by atoms with Crippen LogP contribution in [0.4, 0.5) is 0 Å². The van der Waals surface area contributed by atoms with E-state index < -0.39 is 0 Å². The summed E-state index contributed by atoms with van der Waals surface area (Å²) in [6.45, 7) is 0. The van der Waals surface area contributed by atoms with E-state index in [1.165, 1.54) is 29.9 Å². The molecule has 1 atom stereocenters. The Kier molecular flexibility index (Phi) is 8.99. The molecule has 1 aliphatic heterocycles. The molecule has 0 amide bonds. The summed E-state index contributed by atoms with van der Waals surface area (Å²) in [6.07, 6.45) is 1.69. The van der Waals surface area contributed by atoms with Gasteiger partial charge in [0.2, 0.25) is 0 Å². The predicted octanol–water partition coefficient (Wildman–Crippen LogP) is 12.6. The molecule has 7 nitrogen and oxygen atoms in total. The van der Waals surface area contributed by atoms with Crippen LogP contribution in [0.5, 0.6) is 0 Å². The summed E-state index contributed by atoms with van der Waals surface area (Å²) >= 11 is 5.44. The number of pyridine rings is 1. The molecule has 1 aliphatic rings. The van der Waals surface area contributed by atoms with Gasteiger partial charge in [0.1, 0.15) is 11.9 Å². The molecule has 0 radical (unpaired) electrons. The fourth-order valence-electron chi connectivity index (χ4n) is 7.37. The minimum atomic E-state index is -0.284. The Morgan fingerprint density at radius 3 is 1.59 bits per heavy atom. The number of benzene rings is 5. The molecule has 1 N–H and O–H groups in total. The van der Waals surface area contributed by atoms with Crippen molar-refractivity contribution in [2.75, 3.05) is 0 Å². The first-order valence-electron chi connectivity index (χ1n) is 19.1. The molecule has 11 rings (SSSR count). The third-order valence-corrected chi connectivity index (χ3v) is 13.7. The molecule has 0 aliphatic carbocycles. The summed E-state index contributed by atoms with van der Waals surface area (Å²) in [5.74, 6) is 3.30. The summed E-state index contributed by atoms with van der Waals surface area (Å²) in [4.78, 5) is 29.9. The van der Waals surface area contributed by atoms with Gasteiger partial charge in [-0.2, -0.15) is 0 Å². The molecular weight excluding hydrogens is 783 g/mol. The Labute approximate surface area is 351 Å². The van der Waals surface area contributed by atoms with Crippen molar-refractivity contribution < 1.29 is 0 Å². The van der Waals surface area contributed by atoms with Gasteiger partial charge in [-0.3, -0.25) is 4.98 Å². The molecular formula is C49H31N7S3. The monoisotopic (exact) mass is 813 g/mol. The van der Waals surface area contributed by atoms with Crippen LogP contribution in [0.2, 0.25) is 0 Å². The Balaban J connectivity index is 0.957. The van der Waals surface area contributed by atoms with Crippen LogP contribution in [0.15, 0.2) is 185 Å². The summed E-state index contributed by atoms with van der Waals surface area (Å²) in [5.41, 5.74) is 10.2. The molecule has 0 saturated carbocycles. The van der Waals surface area contributed by atoms with Gasteiger partial charge < -0.3 is 5.32 Å². The molecule has 5 aromatic carbocycles. The van der Waals surface area contributed by atoms with Gasteiger partial charge >= 0.3 is 0 Å². The van der Waals surface area contributed by atoms with E-state index in [0.29, 0.717) is 29.1 Å². The fourth-order valence-corrected chi connectivity index (χ4v) is 11.1. The molecule has 10 aromatic rings. The van der Waals surface area contributed by atoms with Crippen molar-refractivity contribution in [3.05, 3.63) is 192 Å². The first-order chi connectivity index (χ1) is 29.2. The minimum absolute atomic E-state index is 0.284. The number of amidine groups is 2. The normalized spacial score (nSPS) is 13.9. The van der Waals surface area contributed by atoms with Crippen molar-refractivity contribution in [2.24, 2.45) is 9.98 Å². The van der Waals surface area contributed by atoms with E-state index in [0.717, 1.165) is 44.6 Å². The number of rotatable bonds is 8. The number of nitrogens with one attached hydrogen (secondary N) is 1.